The Kier molecular flexibility index (Phi) is 5.85. The molecule has 0 bridgehead atoms. The molecular formula is C29H34. The van der Waals surface area contributed by atoms with E-state index in [0.717, 1.165) is 0 Å². The Hall–Kier alpha value is -2.60. The van der Waals surface area contributed by atoms with Crippen LogP contribution in [-0.4, -0.2) is 0 Å². The Balaban J connectivity index is 0.000000166. The molecule has 0 aromatic heterocycles. The maximum absolute atomic E-state index is 2.31. The third kappa shape index (κ3) is 5.07. The van der Waals surface area contributed by atoms with E-state index in [1.807, 2.05) is 0 Å². The van der Waals surface area contributed by atoms with Crippen molar-refractivity contribution in [2.24, 2.45) is 0 Å². The molecular weight excluding hydrogens is 348 g/mol. The zero-order chi connectivity index (χ0) is 21.2. The molecule has 0 saturated heterocycles. The molecule has 0 saturated carbocycles. The molecule has 0 N–H and O–H groups in total. The number of hydrogen-bond donors (Lipinski definition) is 0. The van der Waals surface area contributed by atoms with Crippen molar-refractivity contribution in [3.63, 3.8) is 0 Å². The summed E-state index contributed by atoms with van der Waals surface area (Å²) in [6.07, 6.45) is 0. The Morgan fingerprint density at radius 3 is 1.62 bits per heavy atom. The fourth-order valence-corrected chi connectivity index (χ4v) is 3.59. The number of rotatable bonds is 0. The molecule has 0 aliphatic rings. The lowest BCUT2D eigenvalue weighted by atomic mass is 9.84. The van der Waals surface area contributed by atoms with Crippen molar-refractivity contribution in [2.45, 2.75) is 59.3 Å². The molecule has 4 aromatic carbocycles. The molecule has 29 heavy (non-hydrogen) atoms. The van der Waals surface area contributed by atoms with E-state index in [-0.39, 0.29) is 10.8 Å². The Morgan fingerprint density at radius 2 is 1.00 bits per heavy atom. The molecule has 4 aromatic rings. The quantitative estimate of drug-likeness (QED) is 0.286. The van der Waals surface area contributed by atoms with Crippen molar-refractivity contribution >= 4 is 21.5 Å². The van der Waals surface area contributed by atoms with Crippen molar-refractivity contribution in [1.82, 2.24) is 0 Å². The molecule has 0 radical (unpaired) electrons. The van der Waals surface area contributed by atoms with Gasteiger partial charge in [0, 0.05) is 0 Å². The second kappa shape index (κ2) is 8.03. The minimum absolute atomic E-state index is 0.231. The minimum atomic E-state index is 0.231. The van der Waals surface area contributed by atoms with Gasteiger partial charge in [-0.1, -0.05) is 120 Å². The van der Waals surface area contributed by atoms with Crippen LogP contribution in [0.3, 0.4) is 0 Å². The van der Waals surface area contributed by atoms with Crippen LogP contribution in [0.5, 0.6) is 0 Å². The van der Waals surface area contributed by atoms with Crippen LogP contribution in [0.1, 0.15) is 58.2 Å². The van der Waals surface area contributed by atoms with Crippen molar-refractivity contribution in [1.29, 1.82) is 0 Å². The van der Waals surface area contributed by atoms with E-state index in [2.05, 4.69) is 127 Å². The molecule has 4 rings (SSSR count). The van der Waals surface area contributed by atoms with E-state index in [9.17, 15) is 0 Å². The monoisotopic (exact) mass is 382 g/mol. The van der Waals surface area contributed by atoms with Crippen LogP contribution < -0.4 is 0 Å². The van der Waals surface area contributed by atoms with Gasteiger partial charge in [0.25, 0.3) is 0 Å². The van der Waals surface area contributed by atoms with E-state index >= 15 is 0 Å². The standard InChI is InChI=1S/C15H18.C14H16/c1-11-9-13(15(2,3)4)10-12-7-5-6-8-14(11)12;1-14(2,3)13-9-8-11-6-4-5-7-12(11)10-13/h5-10H,1-4H3;4-10H,1-3H3. The molecule has 0 atom stereocenters. The number of aryl methyl sites for hydroxylation is 1. The summed E-state index contributed by atoms with van der Waals surface area (Å²) in [6, 6.07) is 28.4. The maximum atomic E-state index is 2.31. The van der Waals surface area contributed by atoms with Gasteiger partial charge < -0.3 is 0 Å². The first-order valence-electron chi connectivity index (χ1n) is 10.5. The van der Waals surface area contributed by atoms with Gasteiger partial charge in [0.1, 0.15) is 0 Å². The zero-order valence-corrected chi connectivity index (χ0v) is 19.0. The van der Waals surface area contributed by atoms with E-state index in [1.165, 1.54) is 38.2 Å². The summed E-state index contributed by atoms with van der Waals surface area (Å²) in [4.78, 5) is 0. The third-order valence-corrected chi connectivity index (χ3v) is 5.55. The normalized spacial score (nSPS) is 12.0. The summed E-state index contributed by atoms with van der Waals surface area (Å²) in [6.45, 7) is 15.7. The fourth-order valence-electron chi connectivity index (χ4n) is 3.59. The molecule has 0 aliphatic carbocycles. The van der Waals surface area contributed by atoms with Gasteiger partial charge in [0.2, 0.25) is 0 Å². The predicted molar refractivity (Wildman–Crippen MR) is 130 cm³/mol. The van der Waals surface area contributed by atoms with Crippen LogP contribution in [0.2, 0.25) is 0 Å². The van der Waals surface area contributed by atoms with E-state index in [0.29, 0.717) is 0 Å². The lowest BCUT2D eigenvalue weighted by molar-refractivity contribution is 0.590. The molecule has 0 fully saturated rings. The van der Waals surface area contributed by atoms with Gasteiger partial charge in [-0.25, -0.2) is 0 Å². The van der Waals surface area contributed by atoms with Gasteiger partial charge in [-0.15, -0.1) is 0 Å². The first kappa shape index (κ1) is 21.1. The van der Waals surface area contributed by atoms with E-state index < -0.39 is 0 Å². The number of benzene rings is 4. The second-order valence-electron chi connectivity index (χ2n) is 10.1. The van der Waals surface area contributed by atoms with Crippen molar-refractivity contribution in [3.05, 3.63) is 95.6 Å². The average molecular weight is 383 g/mol. The topological polar surface area (TPSA) is 0 Å². The largest absolute Gasteiger partial charge is 0.0616 e. The highest BCUT2D eigenvalue weighted by atomic mass is 14.2. The van der Waals surface area contributed by atoms with Crippen molar-refractivity contribution in [2.75, 3.05) is 0 Å². The molecule has 0 heterocycles. The molecule has 0 amide bonds. The van der Waals surface area contributed by atoms with Gasteiger partial charge in [0.15, 0.2) is 0 Å². The van der Waals surface area contributed by atoms with Crippen LogP contribution in [0, 0.1) is 6.92 Å². The summed E-state index contributed by atoms with van der Waals surface area (Å²) >= 11 is 0. The average Bonchev–Trinajstić information content (AvgIpc) is 2.67. The van der Waals surface area contributed by atoms with Gasteiger partial charge in [0.05, 0.1) is 0 Å². The molecule has 150 valence electrons. The summed E-state index contributed by atoms with van der Waals surface area (Å²) in [5, 5.41) is 5.37. The molecule has 0 unspecified atom stereocenters. The highest BCUT2D eigenvalue weighted by molar-refractivity contribution is 5.86. The van der Waals surface area contributed by atoms with E-state index in [4.69, 9.17) is 0 Å². The van der Waals surface area contributed by atoms with Gasteiger partial charge in [-0.2, -0.15) is 0 Å². The molecule has 0 heteroatoms. The molecule has 0 nitrogen and oxygen atoms in total. The van der Waals surface area contributed by atoms with Crippen LogP contribution >= 0.6 is 0 Å². The van der Waals surface area contributed by atoms with Gasteiger partial charge >= 0.3 is 0 Å². The maximum Gasteiger partial charge on any atom is -0.0132 e. The number of hydrogen-bond acceptors (Lipinski definition) is 0. The van der Waals surface area contributed by atoms with Crippen LogP contribution in [0.4, 0.5) is 0 Å². The summed E-state index contributed by atoms with van der Waals surface area (Å²) in [5.41, 5.74) is 4.66. The third-order valence-electron chi connectivity index (χ3n) is 5.55. The molecule has 0 aliphatic heterocycles. The highest BCUT2D eigenvalue weighted by Crippen LogP contribution is 2.28. The van der Waals surface area contributed by atoms with Crippen LogP contribution in [0.25, 0.3) is 21.5 Å². The highest BCUT2D eigenvalue weighted by Gasteiger charge is 2.15. The lowest BCUT2D eigenvalue weighted by Gasteiger charge is -2.20. The zero-order valence-electron chi connectivity index (χ0n) is 19.0. The smallest absolute Gasteiger partial charge is 0.0132 e. The number of fused-ring (bicyclic) bond motifs is 2. The fraction of sp³-hybridized carbons (Fsp3) is 0.310. The SMILES string of the molecule is CC(C)(C)c1ccc2ccccc2c1.Cc1cc(C(C)(C)C)cc2ccccc12. The summed E-state index contributed by atoms with van der Waals surface area (Å²) in [5.74, 6) is 0. The molecule has 0 spiro atoms. The first-order valence-corrected chi connectivity index (χ1v) is 10.5. The van der Waals surface area contributed by atoms with Gasteiger partial charge in [-0.3, -0.25) is 0 Å². The predicted octanol–water partition coefficient (Wildman–Crippen LogP) is 8.58. The van der Waals surface area contributed by atoms with Crippen molar-refractivity contribution in [3.8, 4) is 0 Å². The first-order chi connectivity index (χ1) is 13.6. The summed E-state index contributed by atoms with van der Waals surface area (Å²) in [7, 11) is 0. The van der Waals surface area contributed by atoms with Crippen molar-refractivity contribution < 1.29 is 0 Å². The minimum Gasteiger partial charge on any atom is -0.0616 e. The van der Waals surface area contributed by atoms with Crippen LogP contribution in [0.15, 0.2) is 78.9 Å². The summed E-state index contributed by atoms with van der Waals surface area (Å²) < 4.78 is 0. The Bertz CT molecular complexity index is 1120. The second-order valence-corrected chi connectivity index (χ2v) is 10.1. The Morgan fingerprint density at radius 1 is 0.483 bits per heavy atom. The lowest BCUT2D eigenvalue weighted by Crippen LogP contribution is -2.11. The van der Waals surface area contributed by atoms with E-state index in [1.54, 1.807) is 0 Å². The van der Waals surface area contributed by atoms with Crippen LogP contribution in [-0.2, 0) is 10.8 Å². The Labute approximate surface area is 176 Å². The van der Waals surface area contributed by atoms with Gasteiger partial charge in [-0.05, 0) is 56.0 Å².